The number of aliphatic hydroxyl groups is 1. The molecule has 0 aromatic carbocycles. The molecule has 0 aliphatic carbocycles. The Labute approximate surface area is 109 Å². The molecule has 3 nitrogen and oxygen atoms in total. The summed E-state index contributed by atoms with van der Waals surface area (Å²) < 4.78 is 1.96. The number of rotatable bonds is 6. The molecule has 1 heterocycles. The number of nitrogens with zero attached hydrogens (tertiary/aromatic N) is 2. The maximum absolute atomic E-state index is 9.83. The summed E-state index contributed by atoms with van der Waals surface area (Å²) in [4.78, 5) is 0. The van der Waals surface area contributed by atoms with Gasteiger partial charge in [0.15, 0.2) is 0 Å². The molecule has 0 fully saturated rings. The maximum atomic E-state index is 9.83. The minimum absolute atomic E-state index is 0.212. The number of hydrogen-bond acceptors (Lipinski definition) is 2. The predicted octanol–water partition coefficient (Wildman–Crippen LogP) is 3.07. The lowest BCUT2D eigenvalue weighted by atomic mass is 9.97. The molecular formula is C13H23ClN2O. The van der Waals surface area contributed by atoms with E-state index in [-0.39, 0.29) is 12.0 Å². The first-order valence-corrected chi connectivity index (χ1v) is 6.84. The first kappa shape index (κ1) is 14.5. The van der Waals surface area contributed by atoms with Crippen LogP contribution < -0.4 is 0 Å². The number of halogens is 1. The largest absolute Gasteiger partial charge is 0.393 e. The molecule has 1 aromatic heterocycles. The van der Waals surface area contributed by atoms with E-state index >= 15 is 0 Å². The van der Waals surface area contributed by atoms with Gasteiger partial charge in [-0.2, -0.15) is 5.10 Å². The van der Waals surface area contributed by atoms with E-state index in [1.807, 2.05) is 11.6 Å². The zero-order valence-corrected chi connectivity index (χ0v) is 12.0. The van der Waals surface area contributed by atoms with Gasteiger partial charge in [0.25, 0.3) is 0 Å². The fraction of sp³-hybridized carbons (Fsp3) is 0.769. The summed E-state index contributed by atoms with van der Waals surface area (Å²) in [6.07, 6.45) is 2.15. The van der Waals surface area contributed by atoms with Crippen LogP contribution >= 0.6 is 11.6 Å². The lowest BCUT2D eigenvalue weighted by molar-refractivity contribution is 0.111. The van der Waals surface area contributed by atoms with Crippen LogP contribution in [-0.4, -0.2) is 21.0 Å². The van der Waals surface area contributed by atoms with Gasteiger partial charge >= 0.3 is 0 Å². The molecule has 17 heavy (non-hydrogen) atoms. The average Bonchev–Trinajstić information content (AvgIpc) is 2.65. The van der Waals surface area contributed by atoms with Gasteiger partial charge in [-0.1, -0.05) is 32.4 Å². The average molecular weight is 259 g/mol. The number of aromatic nitrogens is 2. The zero-order valence-electron chi connectivity index (χ0n) is 11.2. The number of aliphatic hydroxyl groups excluding tert-OH is 1. The van der Waals surface area contributed by atoms with Crippen molar-refractivity contribution in [3.8, 4) is 0 Å². The standard InChI is InChI=1S/C13H23ClN2O/c1-5-10-13(14)11(16(7-3)15-10)8-9(4)12(17)6-2/h9,12,17H,5-8H2,1-4H3. The number of aryl methyl sites for hydroxylation is 2. The topological polar surface area (TPSA) is 38.0 Å². The van der Waals surface area contributed by atoms with Crippen molar-refractivity contribution in [1.82, 2.24) is 9.78 Å². The monoisotopic (exact) mass is 258 g/mol. The highest BCUT2D eigenvalue weighted by Gasteiger charge is 2.20. The van der Waals surface area contributed by atoms with E-state index in [1.54, 1.807) is 0 Å². The molecule has 0 radical (unpaired) electrons. The third-order valence-electron chi connectivity index (χ3n) is 3.28. The SMILES string of the molecule is CCc1nn(CC)c(CC(C)C(O)CC)c1Cl. The fourth-order valence-electron chi connectivity index (χ4n) is 2.06. The van der Waals surface area contributed by atoms with E-state index in [2.05, 4.69) is 25.9 Å². The van der Waals surface area contributed by atoms with Crippen LogP contribution in [-0.2, 0) is 19.4 Å². The Kier molecular flexibility index (Phi) is 5.47. The van der Waals surface area contributed by atoms with Gasteiger partial charge in [-0.25, -0.2) is 0 Å². The van der Waals surface area contributed by atoms with Crippen LogP contribution in [0.4, 0.5) is 0 Å². The van der Waals surface area contributed by atoms with Crippen LogP contribution in [0.2, 0.25) is 5.02 Å². The highest BCUT2D eigenvalue weighted by molar-refractivity contribution is 6.31. The van der Waals surface area contributed by atoms with Crippen molar-refractivity contribution in [3.05, 3.63) is 16.4 Å². The first-order chi connectivity index (χ1) is 8.04. The van der Waals surface area contributed by atoms with Gasteiger partial charge in [0.05, 0.1) is 22.5 Å². The molecule has 4 heteroatoms. The summed E-state index contributed by atoms with van der Waals surface area (Å²) in [7, 11) is 0. The van der Waals surface area contributed by atoms with Crippen LogP contribution in [0.1, 0.15) is 45.5 Å². The summed E-state index contributed by atoms with van der Waals surface area (Å²) in [5.41, 5.74) is 2.02. The molecule has 1 aromatic rings. The minimum Gasteiger partial charge on any atom is -0.393 e. The smallest absolute Gasteiger partial charge is 0.0849 e. The molecule has 0 bridgehead atoms. The Morgan fingerprint density at radius 1 is 1.35 bits per heavy atom. The molecule has 0 aliphatic heterocycles. The molecular weight excluding hydrogens is 236 g/mol. The van der Waals surface area contributed by atoms with Crippen molar-refractivity contribution < 1.29 is 5.11 Å². The van der Waals surface area contributed by atoms with E-state index in [0.29, 0.717) is 0 Å². The van der Waals surface area contributed by atoms with Crippen LogP contribution in [0.25, 0.3) is 0 Å². The molecule has 0 aliphatic rings. The van der Waals surface area contributed by atoms with Crippen molar-refractivity contribution in [2.45, 2.75) is 59.6 Å². The normalized spacial score (nSPS) is 14.9. The molecule has 2 atom stereocenters. The van der Waals surface area contributed by atoms with E-state index in [4.69, 9.17) is 11.6 Å². The molecule has 0 saturated carbocycles. The Hall–Kier alpha value is -0.540. The van der Waals surface area contributed by atoms with E-state index < -0.39 is 0 Å². The Balaban J connectivity index is 2.92. The van der Waals surface area contributed by atoms with Crippen molar-refractivity contribution >= 4 is 11.6 Å². The summed E-state index contributed by atoms with van der Waals surface area (Å²) in [6.45, 7) is 9.00. The molecule has 0 amide bonds. The van der Waals surface area contributed by atoms with Crippen LogP contribution in [0.15, 0.2) is 0 Å². The summed E-state index contributed by atoms with van der Waals surface area (Å²) in [5.74, 6) is 0.212. The summed E-state index contributed by atoms with van der Waals surface area (Å²) >= 11 is 6.34. The van der Waals surface area contributed by atoms with Crippen LogP contribution in [0.3, 0.4) is 0 Å². The maximum Gasteiger partial charge on any atom is 0.0849 e. The number of hydrogen-bond donors (Lipinski definition) is 1. The van der Waals surface area contributed by atoms with Crippen LogP contribution in [0.5, 0.6) is 0 Å². The Morgan fingerprint density at radius 3 is 2.47 bits per heavy atom. The van der Waals surface area contributed by atoms with Crippen molar-refractivity contribution in [3.63, 3.8) is 0 Å². The minimum atomic E-state index is -0.267. The molecule has 98 valence electrons. The lowest BCUT2D eigenvalue weighted by Gasteiger charge is -2.17. The van der Waals surface area contributed by atoms with Crippen LogP contribution in [0, 0.1) is 5.92 Å². The predicted molar refractivity (Wildman–Crippen MR) is 71.5 cm³/mol. The Bertz CT molecular complexity index is 363. The molecule has 0 spiro atoms. The van der Waals surface area contributed by atoms with Crippen molar-refractivity contribution in [2.24, 2.45) is 5.92 Å². The van der Waals surface area contributed by atoms with Gasteiger partial charge in [0.1, 0.15) is 0 Å². The first-order valence-electron chi connectivity index (χ1n) is 6.47. The van der Waals surface area contributed by atoms with Gasteiger partial charge in [-0.3, -0.25) is 4.68 Å². The molecule has 1 rings (SSSR count). The van der Waals surface area contributed by atoms with Gasteiger partial charge in [0.2, 0.25) is 0 Å². The summed E-state index contributed by atoms with van der Waals surface area (Å²) in [5, 5.41) is 15.1. The van der Waals surface area contributed by atoms with Gasteiger partial charge in [0, 0.05) is 6.54 Å². The molecule has 0 saturated heterocycles. The third kappa shape index (κ3) is 3.23. The second-order valence-corrected chi connectivity index (χ2v) is 4.91. The van der Waals surface area contributed by atoms with Gasteiger partial charge < -0.3 is 5.11 Å². The second-order valence-electron chi connectivity index (χ2n) is 4.53. The molecule has 2 unspecified atom stereocenters. The van der Waals surface area contributed by atoms with Crippen molar-refractivity contribution in [1.29, 1.82) is 0 Å². The van der Waals surface area contributed by atoms with Gasteiger partial charge in [-0.05, 0) is 32.1 Å². The van der Waals surface area contributed by atoms with Crippen molar-refractivity contribution in [2.75, 3.05) is 0 Å². The Morgan fingerprint density at radius 2 is 2.00 bits per heavy atom. The summed E-state index contributed by atoms with van der Waals surface area (Å²) in [6, 6.07) is 0. The third-order valence-corrected chi connectivity index (χ3v) is 3.72. The molecule has 1 N–H and O–H groups in total. The van der Waals surface area contributed by atoms with E-state index in [9.17, 15) is 5.11 Å². The van der Waals surface area contributed by atoms with Gasteiger partial charge in [-0.15, -0.1) is 0 Å². The quantitative estimate of drug-likeness (QED) is 0.852. The second kappa shape index (κ2) is 6.41. The fourth-order valence-corrected chi connectivity index (χ4v) is 2.40. The van der Waals surface area contributed by atoms with E-state index in [0.717, 1.165) is 42.2 Å². The highest BCUT2D eigenvalue weighted by Crippen LogP contribution is 2.25. The van der Waals surface area contributed by atoms with E-state index in [1.165, 1.54) is 0 Å². The zero-order chi connectivity index (χ0) is 13.0. The lowest BCUT2D eigenvalue weighted by Crippen LogP contribution is -2.20. The highest BCUT2D eigenvalue weighted by atomic mass is 35.5.